The summed E-state index contributed by atoms with van der Waals surface area (Å²) in [5.41, 5.74) is 0.103. The third kappa shape index (κ3) is 3.10. The van der Waals surface area contributed by atoms with Crippen molar-refractivity contribution in [3.05, 3.63) is 35.9 Å². The van der Waals surface area contributed by atoms with Gasteiger partial charge in [-0.1, -0.05) is 12.1 Å². The summed E-state index contributed by atoms with van der Waals surface area (Å²) in [5.74, 6) is 1.45. The molecule has 0 spiro atoms. The van der Waals surface area contributed by atoms with Crippen molar-refractivity contribution in [3.8, 4) is 17.6 Å². The highest BCUT2D eigenvalue weighted by Gasteiger charge is 2.34. The number of ketones is 1. The van der Waals surface area contributed by atoms with Gasteiger partial charge in [0, 0.05) is 6.42 Å². The SMILES string of the molecule is COc1ccc(C2(C#N)C=CC(=O)CC2)cc1OC1CCCC1. The van der Waals surface area contributed by atoms with Crippen molar-refractivity contribution >= 4 is 5.78 Å². The van der Waals surface area contributed by atoms with Crippen molar-refractivity contribution in [1.29, 1.82) is 5.26 Å². The van der Waals surface area contributed by atoms with E-state index in [1.807, 2.05) is 18.2 Å². The van der Waals surface area contributed by atoms with Gasteiger partial charge in [-0.25, -0.2) is 0 Å². The number of carbonyl (C=O) groups excluding carboxylic acids is 1. The fraction of sp³-hybridized carbons (Fsp3) is 0.474. The molecule has 0 heterocycles. The largest absolute Gasteiger partial charge is 0.493 e. The highest BCUT2D eigenvalue weighted by molar-refractivity contribution is 5.91. The molecule has 0 bridgehead atoms. The van der Waals surface area contributed by atoms with Gasteiger partial charge in [0.1, 0.15) is 5.41 Å². The van der Waals surface area contributed by atoms with E-state index >= 15 is 0 Å². The van der Waals surface area contributed by atoms with Crippen molar-refractivity contribution in [2.24, 2.45) is 0 Å². The van der Waals surface area contributed by atoms with Crippen LogP contribution in [0.4, 0.5) is 0 Å². The molecular formula is C19H21NO3. The molecule has 0 saturated heterocycles. The lowest BCUT2D eigenvalue weighted by atomic mass is 9.74. The van der Waals surface area contributed by atoms with Gasteiger partial charge in [-0.3, -0.25) is 4.79 Å². The number of nitrogens with zero attached hydrogens (tertiary/aromatic N) is 1. The Morgan fingerprint density at radius 3 is 2.65 bits per heavy atom. The van der Waals surface area contributed by atoms with Crippen LogP contribution >= 0.6 is 0 Å². The molecule has 23 heavy (non-hydrogen) atoms. The maximum Gasteiger partial charge on any atom is 0.161 e. The van der Waals surface area contributed by atoms with E-state index in [2.05, 4.69) is 6.07 Å². The Kier molecular flexibility index (Phi) is 4.38. The maximum atomic E-state index is 11.5. The molecule has 2 aliphatic rings. The lowest BCUT2D eigenvalue weighted by molar-refractivity contribution is -0.115. The van der Waals surface area contributed by atoms with Gasteiger partial charge in [-0.15, -0.1) is 0 Å². The minimum Gasteiger partial charge on any atom is -0.493 e. The molecule has 0 N–H and O–H groups in total. The van der Waals surface area contributed by atoms with Crippen LogP contribution in [0.15, 0.2) is 30.4 Å². The predicted octanol–water partition coefficient (Wildman–Crippen LogP) is 3.70. The zero-order chi connectivity index (χ0) is 16.3. The molecule has 4 heteroatoms. The molecule has 120 valence electrons. The summed E-state index contributed by atoms with van der Waals surface area (Å²) < 4.78 is 11.5. The Bertz CT molecular complexity index is 668. The van der Waals surface area contributed by atoms with Crippen LogP contribution in [0.1, 0.15) is 44.1 Å². The average Bonchev–Trinajstić information content (AvgIpc) is 3.09. The zero-order valence-corrected chi connectivity index (χ0v) is 13.4. The summed E-state index contributed by atoms with van der Waals surface area (Å²) in [7, 11) is 1.62. The molecule has 1 aromatic carbocycles. The second kappa shape index (κ2) is 6.45. The minimum absolute atomic E-state index is 0.0758. The van der Waals surface area contributed by atoms with Gasteiger partial charge in [0.15, 0.2) is 17.3 Å². The van der Waals surface area contributed by atoms with Gasteiger partial charge in [0.25, 0.3) is 0 Å². The van der Waals surface area contributed by atoms with Crippen LogP contribution < -0.4 is 9.47 Å². The van der Waals surface area contributed by atoms with Gasteiger partial charge in [-0.05, 0) is 55.9 Å². The predicted molar refractivity (Wildman–Crippen MR) is 86.6 cm³/mol. The van der Waals surface area contributed by atoms with Crippen LogP contribution in [0.2, 0.25) is 0 Å². The monoisotopic (exact) mass is 311 g/mol. The number of methoxy groups -OCH3 is 1. The summed E-state index contributed by atoms with van der Waals surface area (Å²) in [5, 5.41) is 9.70. The molecular weight excluding hydrogens is 290 g/mol. The fourth-order valence-corrected chi connectivity index (χ4v) is 3.35. The van der Waals surface area contributed by atoms with E-state index < -0.39 is 5.41 Å². The molecule has 4 nitrogen and oxygen atoms in total. The third-order valence-electron chi connectivity index (χ3n) is 4.79. The average molecular weight is 311 g/mol. The summed E-state index contributed by atoms with van der Waals surface area (Å²) in [6.07, 6.45) is 8.88. The lowest BCUT2D eigenvalue weighted by Gasteiger charge is -2.27. The number of allylic oxidation sites excluding steroid dienone is 2. The molecule has 1 saturated carbocycles. The Morgan fingerprint density at radius 2 is 2.04 bits per heavy atom. The molecule has 1 fully saturated rings. The van der Waals surface area contributed by atoms with E-state index in [-0.39, 0.29) is 11.9 Å². The molecule has 1 atom stereocenters. The van der Waals surface area contributed by atoms with E-state index in [1.54, 1.807) is 13.2 Å². The highest BCUT2D eigenvalue weighted by atomic mass is 16.5. The van der Waals surface area contributed by atoms with Crippen LogP contribution in [-0.2, 0) is 10.2 Å². The standard InChI is InChI=1S/C19H21NO3/c1-22-17-7-6-14(12-18(17)23-16-4-2-3-5-16)19(13-20)10-8-15(21)9-11-19/h6-8,10,12,16H,2-5,9,11H2,1H3. The lowest BCUT2D eigenvalue weighted by Crippen LogP contribution is -2.26. The molecule has 0 aliphatic heterocycles. The zero-order valence-electron chi connectivity index (χ0n) is 13.4. The molecule has 1 unspecified atom stereocenters. The Hall–Kier alpha value is -2.28. The van der Waals surface area contributed by atoms with Crippen LogP contribution in [0, 0.1) is 11.3 Å². The number of hydrogen-bond donors (Lipinski definition) is 0. The Balaban J connectivity index is 1.95. The molecule has 2 aliphatic carbocycles. The van der Waals surface area contributed by atoms with E-state index in [0.29, 0.717) is 24.3 Å². The Morgan fingerprint density at radius 1 is 1.26 bits per heavy atom. The maximum absolute atomic E-state index is 11.5. The number of benzene rings is 1. The fourth-order valence-electron chi connectivity index (χ4n) is 3.35. The first kappa shape index (κ1) is 15.6. The van der Waals surface area contributed by atoms with Gasteiger partial charge in [-0.2, -0.15) is 5.26 Å². The normalized spacial score (nSPS) is 24.4. The van der Waals surface area contributed by atoms with E-state index in [0.717, 1.165) is 18.4 Å². The van der Waals surface area contributed by atoms with E-state index in [9.17, 15) is 10.1 Å². The van der Waals surface area contributed by atoms with Crippen molar-refractivity contribution < 1.29 is 14.3 Å². The van der Waals surface area contributed by atoms with Crippen LogP contribution in [0.25, 0.3) is 0 Å². The van der Waals surface area contributed by atoms with Gasteiger partial charge in [0.05, 0.1) is 19.3 Å². The van der Waals surface area contributed by atoms with Crippen molar-refractivity contribution in [2.45, 2.75) is 50.0 Å². The van der Waals surface area contributed by atoms with E-state index in [4.69, 9.17) is 9.47 Å². The van der Waals surface area contributed by atoms with Crippen LogP contribution in [0.3, 0.4) is 0 Å². The molecule has 0 radical (unpaired) electrons. The quantitative estimate of drug-likeness (QED) is 0.850. The first-order chi connectivity index (χ1) is 11.2. The Labute approximate surface area is 136 Å². The van der Waals surface area contributed by atoms with Gasteiger partial charge < -0.3 is 9.47 Å². The minimum atomic E-state index is -0.756. The summed E-state index contributed by atoms with van der Waals surface area (Å²) in [6.45, 7) is 0. The van der Waals surface area contributed by atoms with Crippen molar-refractivity contribution in [1.82, 2.24) is 0 Å². The summed E-state index contributed by atoms with van der Waals surface area (Å²) in [4.78, 5) is 11.5. The summed E-state index contributed by atoms with van der Waals surface area (Å²) >= 11 is 0. The molecule has 1 aromatic rings. The topological polar surface area (TPSA) is 59.3 Å². The number of rotatable bonds is 4. The summed E-state index contributed by atoms with van der Waals surface area (Å²) in [6, 6.07) is 8.02. The molecule has 3 rings (SSSR count). The van der Waals surface area contributed by atoms with E-state index in [1.165, 1.54) is 18.9 Å². The van der Waals surface area contributed by atoms with Crippen LogP contribution in [-0.4, -0.2) is 19.0 Å². The smallest absolute Gasteiger partial charge is 0.161 e. The highest BCUT2D eigenvalue weighted by Crippen LogP contribution is 2.39. The molecule has 0 aromatic heterocycles. The van der Waals surface area contributed by atoms with Gasteiger partial charge in [0.2, 0.25) is 0 Å². The molecule has 0 amide bonds. The van der Waals surface area contributed by atoms with Crippen molar-refractivity contribution in [3.63, 3.8) is 0 Å². The second-order valence-electron chi connectivity index (χ2n) is 6.27. The van der Waals surface area contributed by atoms with Crippen molar-refractivity contribution in [2.75, 3.05) is 7.11 Å². The third-order valence-corrected chi connectivity index (χ3v) is 4.79. The van der Waals surface area contributed by atoms with Gasteiger partial charge >= 0.3 is 0 Å². The number of hydrogen-bond acceptors (Lipinski definition) is 4. The van der Waals surface area contributed by atoms with Crippen LogP contribution in [0.5, 0.6) is 11.5 Å². The number of nitriles is 1. The first-order valence-corrected chi connectivity index (χ1v) is 8.15. The second-order valence-corrected chi connectivity index (χ2v) is 6.27. The first-order valence-electron chi connectivity index (χ1n) is 8.15. The number of ether oxygens (including phenoxy) is 2. The number of carbonyl (C=O) groups is 1.